The zero-order valence-electron chi connectivity index (χ0n) is 19.6. The summed E-state index contributed by atoms with van der Waals surface area (Å²) < 4.78 is 5.67. The molecule has 33 heavy (non-hydrogen) atoms. The van der Waals surface area contributed by atoms with Crippen molar-refractivity contribution in [1.82, 2.24) is 10.2 Å². The summed E-state index contributed by atoms with van der Waals surface area (Å²) in [5.41, 5.74) is 2.34. The molecule has 0 aliphatic heterocycles. The molecule has 3 rings (SSSR count). The third-order valence-corrected chi connectivity index (χ3v) is 5.32. The second-order valence-corrected chi connectivity index (χ2v) is 8.68. The molecule has 0 aliphatic rings. The molecule has 0 amide bonds. The maximum absolute atomic E-state index is 10.4. The van der Waals surface area contributed by atoms with Crippen molar-refractivity contribution in [3.05, 3.63) is 102 Å². The van der Waals surface area contributed by atoms with Crippen molar-refractivity contribution in [2.75, 3.05) is 26.7 Å². The number of likely N-dealkylation sites (N-methyl/N-ethyl adjacent to an activating group) is 1. The largest absolute Gasteiger partial charge is 0.491 e. The normalized spacial score (nSPS) is 12.1. The molecule has 2 N–H and O–H groups in total. The van der Waals surface area contributed by atoms with E-state index in [1.807, 2.05) is 30.3 Å². The van der Waals surface area contributed by atoms with Gasteiger partial charge in [0, 0.05) is 18.6 Å². The summed E-state index contributed by atoms with van der Waals surface area (Å²) in [6.07, 6.45) is -0.580. The van der Waals surface area contributed by atoms with Crippen molar-refractivity contribution in [3.8, 4) is 5.75 Å². The quantitative estimate of drug-likeness (QED) is 0.379. The first-order chi connectivity index (χ1) is 14.9. The molecule has 1 unspecified atom stereocenters. The van der Waals surface area contributed by atoms with Gasteiger partial charge in [-0.2, -0.15) is 0 Å². The highest BCUT2D eigenvalue weighted by molar-refractivity contribution is 5.85. The van der Waals surface area contributed by atoms with Crippen molar-refractivity contribution in [3.63, 3.8) is 0 Å². The lowest BCUT2D eigenvalue weighted by atomic mass is 9.95. The van der Waals surface area contributed by atoms with Crippen LogP contribution in [0.5, 0.6) is 5.75 Å². The second kappa shape index (κ2) is 14.2. The number of nitrogens with zero attached hydrogens (tertiary/aromatic N) is 1. The molecule has 0 heterocycles. The average molecular weight is 492 g/mol. The van der Waals surface area contributed by atoms with Gasteiger partial charge in [0.25, 0.3) is 0 Å². The Kier molecular flexibility index (Phi) is 12.5. The van der Waals surface area contributed by atoms with Crippen molar-refractivity contribution >= 4 is 24.8 Å². The van der Waals surface area contributed by atoms with Crippen molar-refractivity contribution in [2.24, 2.45) is 0 Å². The Labute approximate surface area is 210 Å². The molecule has 1 atom stereocenters. The molecule has 0 aromatic heterocycles. The maximum atomic E-state index is 10.4. The van der Waals surface area contributed by atoms with Gasteiger partial charge in [-0.25, -0.2) is 0 Å². The summed E-state index contributed by atoms with van der Waals surface area (Å²) in [5, 5.41) is 13.9. The predicted molar refractivity (Wildman–Crippen MR) is 142 cm³/mol. The fourth-order valence-electron chi connectivity index (χ4n) is 3.90. The Morgan fingerprint density at radius 3 is 1.76 bits per heavy atom. The minimum atomic E-state index is -0.580. The fraction of sp³-hybridized carbons (Fsp3) is 0.333. The van der Waals surface area contributed by atoms with Crippen LogP contribution in [0.2, 0.25) is 0 Å². The van der Waals surface area contributed by atoms with Crippen LogP contribution < -0.4 is 10.1 Å². The summed E-state index contributed by atoms with van der Waals surface area (Å²) in [6.45, 7) is 5.88. The number of hydrogen-bond acceptors (Lipinski definition) is 4. The molecule has 0 fully saturated rings. The van der Waals surface area contributed by atoms with Gasteiger partial charge in [-0.1, -0.05) is 78.9 Å². The van der Waals surface area contributed by atoms with Crippen LogP contribution in [0.3, 0.4) is 0 Å². The van der Waals surface area contributed by atoms with Gasteiger partial charge in [0.15, 0.2) is 0 Å². The summed E-state index contributed by atoms with van der Waals surface area (Å²) in [4.78, 5) is 2.37. The molecule has 6 heteroatoms. The van der Waals surface area contributed by atoms with E-state index < -0.39 is 6.10 Å². The maximum Gasteiger partial charge on any atom is 0.119 e. The Hall–Kier alpha value is -2.08. The topological polar surface area (TPSA) is 44.7 Å². The first-order valence-corrected chi connectivity index (χ1v) is 10.9. The lowest BCUT2D eigenvalue weighted by molar-refractivity contribution is 0.0936. The van der Waals surface area contributed by atoms with Crippen LogP contribution >= 0.6 is 24.8 Å². The number of aliphatic hydroxyl groups is 1. The van der Waals surface area contributed by atoms with Gasteiger partial charge in [-0.3, -0.25) is 4.90 Å². The molecule has 3 aromatic rings. The molecule has 0 saturated heterocycles. The number of hydrogen-bond donors (Lipinski definition) is 2. The van der Waals surface area contributed by atoms with Gasteiger partial charge in [-0.05, 0) is 44.2 Å². The Balaban J connectivity index is 0.00000272. The molecule has 180 valence electrons. The van der Waals surface area contributed by atoms with E-state index in [1.165, 1.54) is 11.1 Å². The van der Waals surface area contributed by atoms with Gasteiger partial charge >= 0.3 is 0 Å². The van der Waals surface area contributed by atoms with E-state index in [4.69, 9.17) is 4.74 Å². The summed E-state index contributed by atoms with van der Waals surface area (Å²) in [5.74, 6) is 0.772. The number of β-amino-alcohol motifs (C(OH)–C–C–N with tert-alkyl or cyclic N) is 1. The molecule has 0 spiro atoms. The van der Waals surface area contributed by atoms with Gasteiger partial charge in [0.2, 0.25) is 0 Å². The van der Waals surface area contributed by atoms with Crippen LogP contribution in [-0.2, 0) is 0 Å². The van der Waals surface area contributed by atoms with E-state index in [0.29, 0.717) is 6.54 Å². The standard InChI is InChI=1S/C27H34N2O2.2ClH/c1-27(2,28-19-24(30)20-31-25-17-11-6-12-18-25)21-29(3)26(22-13-7-4-8-14-22)23-15-9-5-10-16-23;;/h4-18,24,26,28,30H,19-21H2,1-3H3;2*1H. The van der Waals surface area contributed by atoms with Crippen LogP contribution in [0.25, 0.3) is 0 Å². The van der Waals surface area contributed by atoms with Gasteiger partial charge in [0.1, 0.15) is 18.5 Å². The van der Waals surface area contributed by atoms with E-state index in [1.54, 1.807) is 0 Å². The highest BCUT2D eigenvalue weighted by atomic mass is 35.5. The van der Waals surface area contributed by atoms with E-state index in [-0.39, 0.29) is 43.0 Å². The van der Waals surface area contributed by atoms with Crippen LogP contribution in [0.4, 0.5) is 0 Å². The van der Waals surface area contributed by atoms with Crippen LogP contribution in [0.15, 0.2) is 91.0 Å². The molecular weight excluding hydrogens is 455 g/mol. The molecule has 0 bridgehead atoms. The summed E-state index contributed by atoms with van der Waals surface area (Å²) >= 11 is 0. The third kappa shape index (κ3) is 9.36. The number of ether oxygens (including phenoxy) is 1. The first kappa shape index (κ1) is 29.0. The zero-order chi connectivity index (χ0) is 22.1. The molecule has 0 radical (unpaired) electrons. The fourth-order valence-corrected chi connectivity index (χ4v) is 3.90. The molecule has 0 saturated carbocycles. The van der Waals surface area contributed by atoms with E-state index in [2.05, 4.69) is 91.8 Å². The Morgan fingerprint density at radius 2 is 1.27 bits per heavy atom. The van der Waals surface area contributed by atoms with Crippen molar-refractivity contribution in [1.29, 1.82) is 0 Å². The summed E-state index contributed by atoms with van der Waals surface area (Å²) in [7, 11) is 2.16. The van der Waals surface area contributed by atoms with Crippen LogP contribution in [-0.4, -0.2) is 48.4 Å². The van der Waals surface area contributed by atoms with Gasteiger partial charge in [-0.15, -0.1) is 24.8 Å². The third-order valence-electron chi connectivity index (χ3n) is 5.32. The van der Waals surface area contributed by atoms with Crippen LogP contribution in [0.1, 0.15) is 31.0 Å². The highest BCUT2D eigenvalue weighted by Crippen LogP contribution is 2.28. The number of nitrogens with one attached hydrogen (secondary N) is 1. The number of para-hydroxylation sites is 1. The second-order valence-electron chi connectivity index (χ2n) is 8.68. The number of aliphatic hydroxyl groups excluding tert-OH is 1. The number of benzene rings is 3. The van der Waals surface area contributed by atoms with E-state index in [0.717, 1.165) is 12.3 Å². The monoisotopic (exact) mass is 490 g/mol. The van der Waals surface area contributed by atoms with Crippen molar-refractivity contribution in [2.45, 2.75) is 31.5 Å². The first-order valence-electron chi connectivity index (χ1n) is 10.9. The molecular formula is C27H36Cl2N2O2. The molecule has 3 aromatic carbocycles. The number of rotatable bonds is 11. The zero-order valence-corrected chi connectivity index (χ0v) is 21.2. The SMILES string of the molecule is CN(CC(C)(C)NCC(O)COc1ccccc1)C(c1ccccc1)c1ccccc1.Cl.Cl. The predicted octanol–water partition coefficient (Wildman–Crippen LogP) is 5.36. The lowest BCUT2D eigenvalue weighted by Gasteiger charge is -2.37. The minimum absolute atomic E-state index is 0. The summed E-state index contributed by atoms with van der Waals surface area (Å²) in [6, 6.07) is 30.9. The Morgan fingerprint density at radius 1 is 0.818 bits per heavy atom. The molecule has 0 aliphatic carbocycles. The average Bonchev–Trinajstić information content (AvgIpc) is 2.78. The lowest BCUT2D eigenvalue weighted by Crippen LogP contribution is -2.51. The number of halogens is 2. The van der Waals surface area contributed by atoms with Gasteiger partial charge < -0.3 is 15.2 Å². The highest BCUT2D eigenvalue weighted by Gasteiger charge is 2.26. The Bertz CT molecular complexity index is 856. The smallest absolute Gasteiger partial charge is 0.119 e. The van der Waals surface area contributed by atoms with Gasteiger partial charge in [0.05, 0.1) is 6.04 Å². The van der Waals surface area contributed by atoms with E-state index in [9.17, 15) is 5.11 Å². The van der Waals surface area contributed by atoms with E-state index >= 15 is 0 Å². The minimum Gasteiger partial charge on any atom is -0.491 e. The molecule has 4 nitrogen and oxygen atoms in total. The van der Waals surface area contributed by atoms with Crippen molar-refractivity contribution < 1.29 is 9.84 Å². The van der Waals surface area contributed by atoms with Crippen LogP contribution in [0, 0.1) is 0 Å².